The number of aliphatic hydroxyl groups excluding tert-OH is 1. The van der Waals surface area contributed by atoms with Crippen LogP contribution in [0.3, 0.4) is 0 Å². The average Bonchev–Trinajstić information content (AvgIpc) is 2.93. The van der Waals surface area contributed by atoms with Crippen molar-refractivity contribution < 1.29 is 31.9 Å². The molecule has 2 aliphatic heterocycles. The molecule has 0 saturated carbocycles. The molecule has 2 heterocycles. The SMILES string of the molecule is O=C(Nc1cc(Cl)c(Cl)cc1N1CCN(CCC(F)(F)F)CC1)c1ccc(CN2CCC(CCO)CC2)c(F)c1F. The van der Waals surface area contributed by atoms with Gasteiger partial charge >= 0.3 is 6.18 Å². The van der Waals surface area contributed by atoms with Gasteiger partial charge in [0.25, 0.3) is 5.91 Å². The molecule has 0 bridgehead atoms. The second-order valence-electron chi connectivity index (χ2n) is 10.6. The molecule has 0 aromatic heterocycles. The monoisotopic (exact) mass is 622 g/mol. The van der Waals surface area contributed by atoms with Crippen LogP contribution >= 0.6 is 23.2 Å². The Bertz CT molecular complexity index is 1220. The number of halogens is 7. The number of piperidine rings is 1. The van der Waals surface area contributed by atoms with Gasteiger partial charge in [-0.2, -0.15) is 13.2 Å². The van der Waals surface area contributed by atoms with Crippen molar-refractivity contribution in [3.05, 3.63) is 57.1 Å². The number of likely N-dealkylation sites (tertiary alicyclic amines) is 1. The molecular formula is C28H33Cl2F5N4O2. The van der Waals surface area contributed by atoms with Crippen molar-refractivity contribution in [1.29, 1.82) is 0 Å². The third-order valence-corrected chi connectivity index (χ3v) is 8.48. The molecule has 2 aromatic rings. The quantitative estimate of drug-likeness (QED) is 0.327. The van der Waals surface area contributed by atoms with Gasteiger partial charge in [0.05, 0.1) is 33.4 Å². The molecule has 1 amide bonds. The Morgan fingerprint density at radius 1 is 0.951 bits per heavy atom. The molecule has 2 aromatic carbocycles. The minimum absolute atomic E-state index is 0.106. The van der Waals surface area contributed by atoms with Crippen LogP contribution in [0.15, 0.2) is 24.3 Å². The molecule has 0 spiro atoms. The van der Waals surface area contributed by atoms with E-state index in [4.69, 9.17) is 28.3 Å². The Hall–Kier alpha value is -2.18. The first-order chi connectivity index (χ1) is 19.4. The fourth-order valence-corrected chi connectivity index (χ4v) is 5.65. The summed E-state index contributed by atoms with van der Waals surface area (Å²) in [5, 5.41) is 12.1. The lowest BCUT2D eigenvalue weighted by molar-refractivity contribution is -0.138. The Kier molecular flexibility index (Phi) is 10.7. The number of alkyl halides is 3. The van der Waals surface area contributed by atoms with Crippen molar-refractivity contribution in [3.63, 3.8) is 0 Å². The summed E-state index contributed by atoms with van der Waals surface area (Å²) in [6.07, 6.45) is -2.65. The number of benzene rings is 2. The summed E-state index contributed by atoms with van der Waals surface area (Å²) in [6.45, 7) is 3.14. The van der Waals surface area contributed by atoms with Crippen molar-refractivity contribution in [2.24, 2.45) is 5.92 Å². The maximum Gasteiger partial charge on any atom is 0.390 e. The number of nitrogens with zero attached hydrogens (tertiary/aromatic N) is 3. The van der Waals surface area contributed by atoms with E-state index in [1.165, 1.54) is 24.3 Å². The summed E-state index contributed by atoms with van der Waals surface area (Å²) >= 11 is 12.4. The molecule has 13 heteroatoms. The van der Waals surface area contributed by atoms with Gasteiger partial charge in [-0.1, -0.05) is 29.3 Å². The number of anilines is 2. The summed E-state index contributed by atoms with van der Waals surface area (Å²) in [4.78, 5) is 18.7. The van der Waals surface area contributed by atoms with Crippen LogP contribution in [-0.2, 0) is 6.54 Å². The second kappa shape index (κ2) is 13.9. The maximum atomic E-state index is 15.1. The molecule has 0 radical (unpaired) electrons. The molecule has 6 nitrogen and oxygen atoms in total. The smallest absolute Gasteiger partial charge is 0.390 e. The van der Waals surface area contributed by atoms with E-state index in [0.717, 1.165) is 19.3 Å². The van der Waals surface area contributed by atoms with Crippen LogP contribution in [0, 0.1) is 17.6 Å². The number of amides is 1. The molecular weight excluding hydrogens is 590 g/mol. The van der Waals surface area contributed by atoms with Crippen molar-refractivity contribution in [1.82, 2.24) is 9.80 Å². The number of hydrogen-bond donors (Lipinski definition) is 2. The van der Waals surface area contributed by atoms with Gasteiger partial charge in [-0.05, 0) is 56.5 Å². The highest BCUT2D eigenvalue weighted by molar-refractivity contribution is 6.42. The Morgan fingerprint density at radius 3 is 2.24 bits per heavy atom. The van der Waals surface area contributed by atoms with Crippen molar-refractivity contribution in [2.75, 3.05) is 62.6 Å². The highest BCUT2D eigenvalue weighted by Gasteiger charge is 2.30. The summed E-state index contributed by atoms with van der Waals surface area (Å²) in [5.74, 6) is -2.79. The van der Waals surface area contributed by atoms with E-state index < -0.39 is 35.7 Å². The molecule has 0 unspecified atom stereocenters. The Morgan fingerprint density at radius 2 is 1.61 bits per heavy atom. The summed E-state index contributed by atoms with van der Waals surface area (Å²) < 4.78 is 68.0. The molecule has 2 N–H and O–H groups in total. The lowest BCUT2D eigenvalue weighted by Crippen LogP contribution is -2.47. The first-order valence-corrected chi connectivity index (χ1v) is 14.3. The third kappa shape index (κ3) is 8.44. The lowest BCUT2D eigenvalue weighted by Gasteiger charge is -2.37. The van der Waals surface area contributed by atoms with Crippen LogP contribution in [0.25, 0.3) is 0 Å². The van der Waals surface area contributed by atoms with Crippen molar-refractivity contribution in [2.45, 2.75) is 38.4 Å². The zero-order valence-electron chi connectivity index (χ0n) is 22.4. The molecule has 4 rings (SSSR count). The summed E-state index contributed by atoms with van der Waals surface area (Å²) in [7, 11) is 0. The van der Waals surface area contributed by atoms with E-state index in [1.54, 1.807) is 4.90 Å². The third-order valence-electron chi connectivity index (χ3n) is 7.76. The highest BCUT2D eigenvalue weighted by atomic mass is 35.5. The molecule has 2 fully saturated rings. The maximum absolute atomic E-state index is 15.1. The Balaban J connectivity index is 1.44. The Labute approximate surface area is 246 Å². The number of piperazine rings is 1. The van der Waals surface area contributed by atoms with E-state index in [-0.39, 0.29) is 41.0 Å². The van der Waals surface area contributed by atoms with E-state index in [0.29, 0.717) is 50.9 Å². The van der Waals surface area contributed by atoms with Crippen LogP contribution in [0.5, 0.6) is 0 Å². The summed E-state index contributed by atoms with van der Waals surface area (Å²) in [5.41, 5.74) is 0.383. The zero-order valence-corrected chi connectivity index (χ0v) is 23.9. The van der Waals surface area contributed by atoms with Gasteiger partial charge in [0.2, 0.25) is 0 Å². The van der Waals surface area contributed by atoms with Gasteiger partial charge in [0, 0.05) is 51.4 Å². The molecule has 41 heavy (non-hydrogen) atoms. The van der Waals surface area contributed by atoms with Gasteiger partial charge in [-0.25, -0.2) is 8.78 Å². The largest absolute Gasteiger partial charge is 0.396 e. The minimum atomic E-state index is -4.23. The normalized spacial score (nSPS) is 17.7. The fourth-order valence-electron chi connectivity index (χ4n) is 5.33. The molecule has 2 aliphatic rings. The van der Waals surface area contributed by atoms with E-state index >= 15 is 8.78 Å². The highest BCUT2D eigenvalue weighted by Crippen LogP contribution is 2.36. The van der Waals surface area contributed by atoms with Crippen LogP contribution in [0.2, 0.25) is 10.0 Å². The van der Waals surface area contributed by atoms with Gasteiger partial charge in [0.15, 0.2) is 11.6 Å². The number of carbonyl (C=O) groups excluding carboxylic acids is 1. The average molecular weight is 623 g/mol. The molecule has 226 valence electrons. The minimum Gasteiger partial charge on any atom is -0.396 e. The number of hydrogen-bond acceptors (Lipinski definition) is 5. The fraction of sp³-hybridized carbons (Fsp3) is 0.536. The number of nitrogens with one attached hydrogen (secondary N) is 1. The van der Waals surface area contributed by atoms with E-state index in [2.05, 4.69) is 5.32 Å². The lowest BCUT2D eigenvalue weighted by atomic mass is 9.93. The van der Waals surface area contributed by atoms with Gasteiger partial charge in [-0.3, -0.25) is 14.6 Å². The standard InChI is InChI=1S/C28H33Cl2F5N4O2/c29-21-15-23(24(16-22(21)30)39-12-10-37(11-13-39)9-6-28(33,34)35)36-27(41)20-2-1-19(25(31)26(20)32)17-38-7-3-18(4-8-38)5-14-40/h1-2,15-16,18,40H,3-14,17H2,(H,36,41). The molecule has 0 aliphatic carbocycles. The topological polar surface area (TPSA) is 59.1 Å². The predicted octanol–water partition coefficient (Wildman–Crippen LogP) is 6.19. The van der Waals surface area contributed by atoms with Crippen LogP contribution in [-0.4, -0.2) is 79.4 Å². The van der Waals surface area contributed by atoms with Crippen molar-refractivity contribution >= 4 is 40.5 Å². The van der Waals surface area contributed by atoms with Gasteiger partial charge in [0.1, 0.15) is 0 Å². The van der Waals surface area contributed by atoms with Crippen LogP contribution in [0.1, 0.15) is 41.6 Å². The first-order valence-electron chi connectivity index (χ1n) is 13.6. The molecule has 2 saturated heterocycles. The molecule has 0 atom stereocenters. The zero-order chi connectivity index (χ0) is 29.7. The summed E-state index contributed by atoms with van der Waals surface area (Å²) in [6, 6.07) is 5.60. The van der Waals surface area contributed by atoms with Gasteiger partial charge < -0.3 is 15.3 Å². The van der Waals surface area contributed by atoms with Gasteiger partial charge in [-0.15, -0.1) is 0 Å². The van der Waals surface area contributed by atoms with E-state index in [9.17, 15) is 18.0 Å². The van der Waals surface area contributed by atoms with Crippen molar-refractivity contribution in [3.8, 4) is 0 Å². The number of aliphatic hydroxyl groups is 1. The number of rotatable bonds is 9. The number of carbonyl (C=O) groups is 1. The van der Waals surface area contributed by atoms with Crippen LogP contribution < -0.4 is 10.2 Å². The predicted molar refractivity (Wildman–Crippen MR) is 150 cm³/mol. The van der Waals surface area contributed by atoms with Crippen LogP contribution in [0.4, 0.5) is 33.3 Å². The first kappa shape index (κ1) is 31.7. The van der Waals surface area contributed by atoms with E-state index in [1.807, 2.05) is 9.80 Å². The second-order valence-corrected chi connectivity index (χ2v) is 11.4.